The van der Waals surface area contributed by atoms with Crippen LogP contribution in [0.5, 0.6) is 11.5 Å². The van der Waals surface area contributed by atoms with Crippen LogP contribution in [0.25, 0.3) is 0 Å². The smallest absolute Gasteiger partial charge is 0.222 e. The molecule has 1 saturated heterocycles. The summed E-state index contributed by atoms with van der Waals surface area (Å²) in [7, 11) is -1.39. The minimum atomic E-state index is -3.00. The maximum Gasteiger partial charge on any atom is 0.222 e. The number of amides is 1. The Bertz CT molecular complexity index is 835. The highest BCUT2D eigenvalue weighted by atomic mass is 127. The second kappa shape index (κ2) is 13.6. The first-order chi connectivity index (χ1) is 14.3. The summed E-state index contributed by atoms with van der Waals surface area (Å²) in [6.07, 6.45) is 0.563. The number of guanidine groups is 1. The lowest BCUT2D eigenvalue weighted by molar-refractivity contribution is -0.121. The van der Waals surface area contributed by atoms with Gasteiger partial charge in [0.15, 0.2) is 15.8 Å². The first-order valence-electron chi connectivity index (χ1n) is 10.1. The van der Waals surface area contributed by atoms with Crippen molar-refractivity contribution in [1.82, 2.24) is 16.0 Å². The lowest BCUT2D eigenvalue weighted by atomic mass is 10.2. The molecule has 1 fully saturated rings. The number of sulfone groups is 1. The van der Waals surface area contributed by atoms with Crippen LogP contribution in [0.15, 0.2) is 29.3 Å². The molecule has 0 spiro atoms. The van der Waals surface area contributed by atoms with E-state index in [0.29, 0.717) is 37.8 Å². The molecule has 1 aromatic carbocycles. The fraction of sp³-hybridized carbons (Fsp3) is 0.600. The third-order valence-electron chi connectivity index (χ3n) is 4.47. The normalized spacial score (nSPS) is 18.4. The molecule has 3 N–H and O–H groups in total. The van der Waals surface area contributed by atoms with Crippen LogP contribution in [-0.4, -0.2) is 70.7 Å². The van der Waals surface area contributed by atoms with Gasteiger partial charge in [-0.3, -0.25) is 4.79 Å². The van der Waals surface area contributed by atoms with Crippen LogP contribution in [0.3, 0.4) is 0 Å². The molecule has 0 bridgehead atoms. The lowest BCUT2D eigenvalue weighted by Gasteiger charge is -2.16. The molecule has 0 saturated carbocycles. The maximum absolute atomic E-state index is 12.0. The lowest BCUT2D eigenvalue weighted by Crippen LogP contribution is -2.41. The molecular weight excluding hydrogens is 535 g/mol. The molecule has 1 heterocycles. The van der Waals surface area contributed by atoms with E-state index in [2.05, 4.69) is 20.9 Å². The molecule has 31 heavy (non-hydrogen) atoms. The van der Waals surface area contributed by atoms with Gasteiger partial charge in [0, 0.05) is 31.6 Å². The fourth-order valence-electron chi connectivity index (χ4n) is 3.01. The highest BCUT2D eigenvalue weighted by molar-refractivity contribution is 14.0. The van der Waals surface area contributed by atoms with Gasteiger partial charge in [-0.1, -0.05) is 6.07 Å². The molecule has 2 atom stereocenters. The van der Waals surface area contributed by atoms with E-state index in [0.717, 1.165) is 5.75 Å². The minimum absolute atomic E-state index is 0. The van der Waals surface area contributed by atoms with Crippen molar-refractivity contribution in [3.63, 3.8) is 0 Å². The Labute approximate surface area is 201 Å². The first kappa shape index (κ1) is 27.3. The van der Waals surface area contributed by atoms with Gasteiger partial charge >= 0.3 is 0 Å². The summed E-state index contributed by atoms with van der Waals surface area (Å²) in [4.78, 5) is 16.5. The van der Waals surface area contributed by atoms with Crippen molar-refractivity contribution < 1.29 is 22.7 Å². The van der Waals surface area contributed by atoms with Crippen molar-refractivity contribution in [2.45, 2.75) is 38.8 Å². The van der Waals surface area contributed by atoms with Gasteiger partial charge < -0.3 is 25.4 Å². The molecule has 0 aliphatic carbocycles. The van der Waals surface area contributed by atoms with Crippen molar-refractivity contribution in [3.05, 3.63) is 24.3 Å². The molecule has 1 amide bonds. The number of nitrogens with zero attached hydrogens (tertiary/aromatic N) is 1. The van der Waals surface area contributed by atoms with Crippen LogP contribution < -0.4 is 25.4 Å². The molecule has 11 heteroatoms. The summed E-state index contributed by atoms with van der Waals surface area (Å²) in [6.45, 7) is 5.39. The number of hydrogen-bond acceptors (Lipinski definition) is 6. The van der Waals surface area contributed by atoms with Crippen LogP contribution in [0.1, 0.15) is 26.7 Å². The molecule has 1 aliphatic rings. The Morgan fingerprint density at radius 1 is 1.29 bits per heavy atom. The molecule has 9 nitrogen and oxygen atoms in total. The van der Waals surface area contributed by atoms with E-state index in [9.17, 15) is 13.2 Å². The Kier molecular flexibility index (Phi) is 12.0. The van der Waals surface area contributed by atoms with E-state index in [1.54, 1.807) is 7.11 Å². The summed E-state index contributed by atoms with van der Waals surface area (Å²) in [5, 5.41) is 9.02. The Morgan fingerprint density at radius 2 is 2.03 bits per heavy atom. The standard InChI is InChI=1S/C20H32N4O5S.HI/c1-4-21-20(22-10-8-19(25)24-16-9-11-30(26,27)14-16)23-13-15(2)29-18-7-5-6-17(12-18)28-3;/h5-7,12,15-16H,4,8-11,13-14H2,1-3H3,(H,24,25)(H2,21,22,23);1H. The fourth-order valence-corrected chi connectivity index (χ4v) is 4.68. The molecule has 2 rings (SSSR count). The molecule has 0 radical (unpaired) electrons. The number of hydrogen-bond donors (Lipinski definition) is 3. The van der Waals surface area contributed by atoms with Gasteiger partial charge in [0.2, 0.25) is 5.91 Å². The summed E-state index contributed by atoms with van der Waals surface area (Å²) in [5.74, 6) is 2.03. The van der Waals surface area contributed by atoms with Gasteiger partial charge in [-0.25, -0.2) is 13.4 Å². The van der Waals surface area contributed by atoms with E-state index in [-0.39, 0.29) is 60.0 Å². The average Bonchev–Trinajstić information content (AvgIpc) is 3.04. The van der Waals surface area contributed by atoms with Crippen LogP contribution in [0, 0.1) is 0 Å². The van der Waals surface area contributed by atoms with Crippen LogP contribution >= 0.6 is 24.0 Å². The van der Waals surface area contributed by atoms with Crippen molar-refractivity contribution in [1.29, 1.82) is 0 Å². The summed E-state index contributed by atoms with van der Waals surface area (Å²) >= 11 is 0. The van der Waals surface area contributed by atoms with Crippen molar-refractivity contribution >= 4 is 45.7 Å². The number of benzene rings is 1. The Morgan fingerprint density at radius 3 is 2.68 bits per heavy atom. The third-order valence-corrected chi connectivity index (χ3v) is 6.24. The number of carbonyl (C=O) groups is 1. The van der Waals surface area contributed by atoms with E-state index in [1.807, 2.05) is 38.1 Å². The number of aliphatic imine (C=N–C) groups is 1. The number of ether oxygens (including phenoxy) is 2. The number of methoxy groups -OCH3 is 1. The molecule has 176 valence electrons. The minimum Gasteiger partial charge on any atom is -0.497 e. The zero-order valence-corrected chi connectivity index (χ0v) is 21.4. The SMILES string of the molecule is CCNC(=NCC(C)Oc1cccc(OC)c1)NCCC(=O)NC1CCS(=O)(=O)C1.I. The van der Waals surface area contributed by atoms with Gasteiger partial charge in [-0.15, -0.1) is 24.0 Å². The zero-order chi connectivity index (χ0) is 22.0. The van der Waals surface area contributed by atoms with Crippen LogP contribution in [0.2, 0.25) is 0 Å². The van der Waals surface area contributed by atoms with Gasteiger partial charge in [-0.05, 0) is 32.4 Å². The Hall–Kier alpha value is -1.76. The van der Waals surface area contributed by atoms with Gasteiger partial charge in [0.1, 0.15) is 17.6 Å². The van der Waals surface area contributed by atoms with Gasteiger partial charge in [0.25, 0.3) is 0 Å². The summed E-state index contributed by atoms with van der Waals surface area (Å²) < 4.78 is 34.0. The third kappa shape index (κ3) is 10.4. The molecule has 0 aromatic heterocycles. The van der Waals surface area contributed by atoms with E-state index in [1.165, 1.54) is 0 Å². The average molecular weight is 568 g/mol. The van der Waals surface area contributed by atoms with Gasteiger partial charge in [-0.2, -0.15) is 0 Å². The van der Waals surface area contributed by atoms with Gasteiger partial charge in [0.05, 0.1) is 25.2 Å². The number of nitrogens with one attached hydrogen (secondary N) is 3. The first-order valence-corrected chi connectivity index (χ1v) is 12.0. The van der Waals surface area contributed by atoms with E-state index in [4.69, 9.17) is 9.47 Å². The summed E-state index contributed by atoms with van der Waals surface area (Å²) in [6, 6.07) is 7.11. The predicted molar refractivity (Wildman–Crippen MR) is 132 cm³/mol. The maximum atomic E-state index is 12.0. The quantitative estimate of drug-likeness (QED) is 0.222. The number of rotatable bonds is 10. The Balaban J connectivity index is 0.00000480. The monoisotopic (exact) mass is 568 g/mol. The second-order valence-corrected chi connectivity index (χ2v) is 9.40. The van der Waals surface area contributed by atoms with Crippen LogP contribution in [0.4, 0.5) is 0 Å². The predicted octanol–water partition coefficient (Wildman–Crippen LogP) is 1.33. The number of carbonyl (C=O) groups excluding carboxylic acids is 1. The zero-order valence-electron chi connectivity index (χ0n) is 18.2. The van der Waals surface area contributed by atoms with Crippen molar-refractivity contribution in [2.24, 2.45) is 4.99 Å². The molecular formula is C20H33IN4O5S. The van der Waals surface area contributed by atoms with Crippen LogP contribution in [-0.2, 0) is 14.6 Å². The molecule has 1 aromatic rings. The van der Waals surface area contributed by atoms with Crippen molar-refractivity contribution in [2.75, 3.05) is 38.2 Å². The highest BCUT2D eigenvalue weighted by Gasteiger charge is 2.28. The molecule has 1 aliphatic heterocycles. The highest BCUT2D eigenvalue weighted by Crippen LogP contribution is 2.19. The van der Waals surface area contributed by atoms with E-state index < -0.39 is 9.84 Å². The summed E-state index contributed by atoms with van der Waals surface area (Å²) in [5.41, 5.74) is 0. The topological polar surface area (TPSA) is 118 Å². The molecule has 2 unspecified atom stereocenters. The van der Waals surface area contributed by atoms with E-state index >= 15 is 0 Å². The van der Waals surface area contributed by atoms with Crippen molar-refractivity contribution in [3.8, 4) is 11.5 Å². The second-order valence-electron chi connectivity index (χ2n) is 7.17. The number of halogens is 1. The largest absolute Gasteiger partial charge is 0.497 e.